The second-order valence-corrected chi connectivity index (χ2v) is 4.42. The Morgan fingerprint density at radius 1 is 1.00 bits per heavy atom. The molecular weight excluding hydrogens is 198 g/mol. The molecule has 16 heavy (non-hydrogen) atoms. The quantitative estimate of drug-likeness (QED) is 0.719. The van der Waals surface area contributed by atoms with E-state index in [4.69, 9.17) is 0 Å². The van der Waals surface area contributed by atoms with Crippen LogP contribution in [0.15, 0.2) is 24.3 Å². The van der Waals surface area contributed by atoms with Gasteiger partial charge >= 0.3 is 0 Å². The van der Waals surface area contributed by atoms with Crippen molar-refractivity contribution in [3.63, 3.8) is 0 Å². The van der Waals surface area contributed by atoms with E-state index in [1.807, 2.05) is 0 Å². The summed E-state index contributed by atoms with van der Waals surface area (Å²) < 4.78 is 0. The number of rotatable bonds is 1. The summed E-state index contributed by atoms with van der Waals surface area (Å²) in [5.41, 5.74) is 2.88. The number of hydrogen-bond acceptors (Lipinski definition) is 3. The summed E-state index contributed by atoms with van der Waals surface area (Å²) in [6.45, 7) is 5.46. The van der Waals surface area contributed by atoms with E-state index < -0.39 is 0 Å². The van der Waals surface area contributed by atoms with Crippen molar-refractivity contribution in [2.75, 3.05) is 32.7 Å². The van der Waals surface area contributed by atoms with Crippen LogP contribution in [0.3, 0.4) is 0 Å². The van der Waals surface area contributed by atoms with Gasteiger partial charge in [-0.05, 0) is 17.5 Å². The zero-order valence-electron chi connectivity index (χ0n) is 9.50. The summed E-state index contributed by atoms with van der Waals surface area (Å²) in [5.74, 6) is 0. The zero-order valence-corrected chi connectivity index (χ0v) is 9.50. The molecule has 3 heteroatoms. The summed E-state index contributed by atoms with van der Waals surface area (Å²) in [4.78, 5) is 2.47. The highest BCUT2D eigenvalue weighted by molar-refractivity contribution is 5.39. The Bertz CT molecular complexity index is 358. The number of nitrogens with zero attached hydrogens (tertiary/aromatic N) is 1. The van der Waals surface area contributed by atoms with Crippen LogP contribution in [0.2, 0.25) is 0 Å². The lowest BCUT2D eigenvalue weighted by molar-refractivity contribution is 0.235. The molecule has 2 heterocycles. The molecule has 1 fully saturated rings. The van der Waals surface area contributed by atoms with Gasteiger partial charge in [-0.15, -0.1) is 0 Å². The maximum absolute atomic E-state index is 3.56. The van der Waals surface area contributed by atoms with Gasteiger partial charge in [-0.1, -0.05) is 24.3 Å². The lowest BCUT2D eigenvalue weighted by Crippen LogP contribution is -2.51. The first kappa shape index (κ1) is 10.3. The van der Waals surface area contributed by atoms with Gasteiger partial charge in [-0.25, -0.2) is 0 Å². The first-order valence-corrected chi connectivity index (χ1v) is 6.10. The fraction of sp³-hybridized carbons (Fsp3) is 0.462. The van der Waals surface area contributed by atoms with Crippen LogP contribution in [0.5, 0.6) is 0 Å². The van der Waals surface area contributed by atoms with Gasteiger partial charge in [0.15, 0.2) is 0 Å². The lowest BCUT2D eigenvalue weighted by atomic mass is 9.97. The third-order valence-corrected chi connectivity index (χ3v) is 3.39. The van der Waals surface area contributed by atoms with E-state index in [0.29, 0.717) is 0 Å². The van der Waals surface area contributed by atoms with Gasteiger partial charge in [0, 0.05) is 32.7 Å². The maximum Gasteiger partial charge on any atom is 0.135 e. The summed E-state index contributed by atoms with van der Waals surface area (Å²) in [7, 11) is 0. The molecule has 0 aliphatic carbocycles. The molecule has 0 bridgehead atoms. The van der Waals surface area contributed by atoms with Crippen molar-refractivity contribution < 1.29 is 0 Å². The normalized spacial score (nSPS) is 23.0. The Morgan fingerprint density at radius 3 is 2.69 bits per heavy atom. The number of benzene rings is 1. The van der Waals surface area contributed by atoms with Crippen LogP contribution >= 0.6 is 0 Å². The van der Waals surface area contributed by atoms with Crippen LogP contribution in [-0.2, 0) is 6.42 Å². The molecule has 1 aromatic rings. The Morgan fingerprint density at radius 2 is 1.81 bits per heavy atom. The molecule has 85 valence electrons. The van der Waals surface area contributed by atoms with Gasteiger partial charge in [0.1, 0.15) is 6.17 Å². The topological polar surface area (TPSA) is 27.3 Å². The number of fused-ring (bicyclic) bond motifs is 1. The molecule has 0 spiro atoms. The van der Waals surface area contributed by atoms with Crippen molar-refractivity contribution in [3.8, 4) is 0 Å². The maximum atomic E-state index is 3.56. The van der Waals surface area contributed by atoms with Crippen molar-refractivity contribution in [1.29, 1.82) is 0 Å². The monoisotopic (exact) mass is 216 g/mol. The average molecular weight is 216 g/mol. The smallest absolute Gasteiger partial charge is 0.135 e. The van der Waals surface area contributed by atoms with E-state index in [0.717, 1.165) is 39.1 Å². The van der Waals surface area contributed by atoms with Crippen molar-refractivity contribution in [3.05, 3.63) is 41.6 Å². The largest absolute Gasteiger partial charge is 0.314 e. The predicted molar refractivity (Wildman–Crippen MR) is 64.9 cm³/mol. The van der Waals surface area contributed by atoms with Crippen molar-refractivity contribution in [1.82, 2.24) is 15.5 Å². The highest BCUT2D eigenvalue weighted by atomic mass is 15.3. The molecule has 1 saturated heterocycles. The van der Waals surface area contributed by atoms with Gasteiger partial charge in [0.2, 0.25) is 0 Å². The van der Waals surface area contributed by atoms with Crippen LogP contribution in [-0.4, -0.2) is 37.6 Å². The standard InChI is InChI=1S/C13H18N3/c1-2-4-12-11(3-1)5-6-15-13(12)16-9-7-14-8-10-16/h1-4,14-15H,5-10H2. The third-order valence-electron chi connectivity index (χ3n) is 3.39. The predicted octanol–water partition coefficient (Wildman–Crippen LogP) is 0.575. The Hall–Kier alpha value is -0.900. The van der Waals surface area contributed by atoms with E-state index in [9.17, 15) is 0 Å². The number of nitrogens with one attached hydrogen (secondary N) is 2. The van der Waals surface area contributed by atoms with Crippen LogP contribution in [0.1, 0.15) is 11.1 Å². The molecule has 2 N–H and O–H groups in total. The van der Waals surface area contributed by atoms with E-state index in [2.05, 4.69) is 39.8 Å². The van der Waals surface area contributed by atoms with Crippen LogP contribution in [0.25, 0.3) is 0 Å². The second kappa shape index (κ2) is 4.53. The van der Waals surface area contributed by atoms with Crippen molar-refractivity contribution >= 4 is 0 Å². The van der Waals surface area contributed by atoms with Crippen molar-refractivity contribution in [2.24, 2.45) is 0 Å². The molecule has 0 unspecified atom stereocenters. The minimum atomic E-state index is 1.07. The van der Waals surface area contributed by atoms with Gasteiger partial charge in [-0.3, -0.25) is 10.2 Å². The molecule has 0 saturated carbocycles. The summed E-state index contributed by atoms with van der Waals surface area (Å²) in [6, 6.07) is 8.75. The van der Waals surface area contributed by atoms with E-state index in [1.54, 1.807) is 0 Å². The van der Waals surface area contributed by atoms with Gasteiger partial charge in [-0.2, -0.15) is 0 Å². The van der Waals surface area contributed by atoms with E-state index in [1.165, 1.54) is 17.3 Å². The average Bonchev–Trinajstić information content (AvgIpc) is 2.39. The first-order valence-electron chi connectivity index (χ1n) is 6.10. The summed E-state index contributed by atoms with van der Waals surface area (Å²) in [6.07, 6.45) is 2.48. The first-order chi connectivity index (χ1) is 7.95. The fourth-order valence-corrected chi connectivity index (χ4v) is 2.55. The Labute approximate surface area is 96.8 Å². The second-order valence-electron chi connectivity index (χ2n) is 4.42. The van der Waals surface area contributed by atoms with Gasteiger partial charge < -0.3 is 5.32 Å². The molecular formula is C13H18N3. The zero-order chi connectivity index (χ0) is 10.8. The molecule has 3 rings (SSSR count). The fourth-order valence-electron chi connectivity index (χ4n) is 2.55. The molecule has 0 amide bonds. The Balaban J connectivity index is 1.86. The van der Waals surface area contributed by atoms with Gasteiger partial charge in [0.25, 0.3) is 0 Å². The minimum Gasteiger partial charge on any atom is -0.314 e. The molecule has 3 nitrogen and oxygen atoms in total. The highest BCUT2D eigenvalue weighted by Gasteiger charge is 2.27. The summed E-state index contributed by atoms with van der Waals surface area (Å²) >= 11 is 0. The molecule has 1 aromatic carbocycles. The SMILES string of the molecule is c1ccc2c(c1)CCN[C]2N1CCNCC1. The molecule has 0 aromatic heterocycles. The summed E-state index contributed by atoms with van der Waals surface area (Å²) in [5, 5.41) is 6.95. The Kier molecular flexibility index (Phi) is 2.91. The molecule has 0 atom stereocenters. The van der Waals surface area contributed by atoms with Crippen molar-refractivity contribution in [2.45, 2.75) is 6.42 Å². The van der Waals surface area contributed by atoms with Crippen LogP contribution in [0, 0.1) is 6.17 Å². The molecule has 2 aliphatic rings. The third kappa shape index (κ3) is 1.86. The minimum absolute atomic E-state index is 1.07. The molecule has 1 radical (unpaired) electrons. The number of piperazine rings is 1. The van der Waals surface area contributed by atoms with E-state index >= 15 is 0 Å². The lowest BCUT2D eigenvalue weighted by Gasteiger charge is -2.37. The van der Waals surface area contributed by atoms with E-state index in [-0.39, 0.29) is 0 Å². The number of hydrogen-bond donors (Lipinski definition) is 2. The van der Waals surface area contributed by atoms with Gasteiger partial charge in [0.05, 0.1) is 0 Å². The van der Waals surface area contributed by atoms with Crippen LogP contribution < -0.4 is 10.6 Å². The van der Waals surface area contributed by atoms with Crippen LogP contribution in [0.4, 0.5) is 0 Å². The molecule has 2 aliphatic heterocycles. The highest BCUT2D eigenvalue weighted by Crippen LogP contribution is 2.24.